The first-order valence-electron chi connectivity index (χ1n) is 9.01. The Bertz CT molecular complexity index is 960. The molecular weight excluding hydrogens is 379 g/mol. The molecule has 2 aromatic rings. The summed E-state index contributed by atoms with van der Waals surface area (Å²) >= 11 is 0. The van der Waals surface area contributed by atoms with Crippen molar-refractivity contribution < 1.29 is 28.2 Å². The van der Waals surface area contributed by atoms with Gasteiger partial charge in [-0.25, -0.2) is 9.18 Å². The number of rotatable bonds is 7. The van der Waals surface area contributed by atoms with E-state index >= 15 is 0 Å². The molecule has 3 rings (SSSR count). The maximum atomic E-state index is 13.3. The van der Waals surface area contributed by atoms with Gasteiger partial charge < -0.3 is 14.8 Å². The lowest BCUT2D eigenvalue weighted by Gasteiger charge is -2.25. The predicted octanol–water partition coefficient (Wildman–Crippen LogP) is 2.88. The third-order valence-electron chi connectivity index (χ3n) is 5.05. The first-order valence-corrected chi connectivity index (χ1v) is 9.01. The Morgan fingerprint density at radius 3 is 2.38 bits per heavy atom. The van der Waals surface area contributed by atoms with Gasteiger partial charge in [0, 0.05) is 0 Å². The molecule has 0 bridgehead atoms. The van der Waals surface area contributed by atoms with E-state index < -0.39 is 35.6 Å². The van der Waals surface area contributed by atoms with Crippen LogP contribution in [0, 0.1) is 5.82 Å². The second-order valence-electron chi connectivity index (χ2n) is 6.58. The summed E-state index contributed by atoms with van der Waals surface area (Å²) < 4.78 is 23.6. The second-order valence-corrected chi connectivity index (χ2v) is 6.58. The molecule has 0 spiro atoms. The van der Waals surface area contributed by atoms with E-state index in [2.05, 4.69) is 5.32 Å². The third kappa shape index (κ3) is 3.53. The average Bonchev–Trinajstić information content (AvgIpc) is 2.98. The van der Waals surface area contributed by atoms with Crippen LogP contribution in [0.4, 0.5) is 9.18 Å². The molecule has 0 aromatic heterocycles. The Balaban J connectivity index is 1.90. The average molecular weight is 400 g/mol. The summed E-state index contributed by atoms with van der Waals surface area (Å²) in [6.07, 6.45) is 0.246. The number of halogens is 1. The van der Waals surface area contributed by atoms with Gasteiger partial charge in [0.25, 0.3) is 5.91 Å². The van der Waals surface area contributed by atoms with Gasteiger partial charge >= 0.3 is 6.03 Å². The van der Waals surface area contributed by atoms with Gasteiger partial charge in [-0.1, -0.05) is 19.1 Å². The van der Waals surface area contributed by atoms with E-state index in [4.69, 9.17) is 9.47 Å². The van der Waals surface area contributed by atoms with Crippen molar-refractivity contribution in [1.82, 2.24) is 10.2 Å². The minimum absolute atomic E-state index is 0.197. The van der Waals surface area contributed by atoms with Crippen LogP contribution in [0.5, 0.6) is 11.5 Å². The van der Waals surface area contributed by atoms with Crippen LogP contribution in [0.1, 0.15) is 29.3 Å². The summed E-state index contributed by atoms with van der Waals surface area (Å²) in [7, 11) is 2.88. The SMILES string of the molecule is CCC1(c2ccc(F)cc2)NC(=O)N(CC(=O)c2cc(OC)ccc2OC)C1=O. The molecule has 8 heteroatoms. The summed E-state index contributed by atoms with van der Waals surface area (Å²) in [6.45, 7) is 1.27. The molecule has 1 N–H and O–H groups in total. The first-order chi connectivity index (χ1) is 13.9. The van der Waals surface area contributed by atoms with Gasteiger partial charge in [-0.05, 0) is 42.3 Å². The first kappa shape index (κ1) is 20.3. The Kier molecular flexibility index (Phi) is 5.54. The third-order valence-corrected chi connectivity index (χ3v) is 5.05. The van der Waals surface area contributed by atoms with E-state index in [1.54, 1.807) is 19.1 Å². The van der Waals surface area contributed by atoms with Gasteiger partial charge in [-0.2, -0.15) is 0 Å². The van der Waals surface area contributed by atoms with Crippen LogP contribution in [0.15, 0.2) is 42.5 Å². The van der Waals surface area contributed by atoms with E-state index in [1.807, 2.05) is 0 Å². The molecule has 1 aliphatic heterocycles. The fraction of sp³-hybridized carbons (Fsp3) is 0.286. The van der Waals surface area contributed by atoms with Gasteiger partial charge in [-0.3, -0.25) is 14.5 Å². The van der Waals surface area contributed by atoms with Crippen molar-refractivity contribution in [2.24, 2.45) is 0 Å². The van der Waals surface area contributed by atoms with Crippen LogP contribution in [0.2, 0.25) is 0 Å². The van der Waals surface area contributed by atoms with Crippen LogP contribution in [-0.4, -0.2) is 43.4 Å². The number of hydrogen-bond acceptors (Lipinski definition) is 5. The van der Waals surface area contributed by atoms with E-state index in [1.165, 1.54) is 44.6 Å². The van der Waals surface area contributed by atoms with Crippen molar-refractivity contribution in [3.8, 4) is 11.5 Å². The number of Topliss-reactive ketones (excluding diaryl/α,β-unsaturated/α-hetero) is 1. The fourth-order valence-electron chi connectivity index (χ4n) is 3.40. The van der Waals surface area contributed by atoms with Crippen LogP contribution < -0.4 is 14.8 Å². The number of carbonyl (C=O) groups excluding carboxylic acids is 3. The Labute approximate surface area is 167 Å². The maximum Gasteiger partial charge on any atom is 0.325 e. The lowest BCUT2D eigenvalue weighted by atomic mass is 9.87. The molecule has 1 saturated heterocycles. The van der Waals surface area contributed by atoms with Crippen LogP contribution in [-0.2, 0) is 10.3 Å². The van der Waals surface area contributed by atoms with Crippen LogP contribution in [0.3, 0.4) is 0 Å². The van der Waals surface area contributed by atoms with Crippen molar-refractivity contribution in [2.75, 3.05) is 20.8 Å². The molecule has 152 valence electrons. The highest BCUT2D eigenvalue weighted by Gasteiger charge is 2.51. The van der Waals surface area contributed by atoms with Gasteiger partial charge in [0.15, 0.2) is 5.78 Å². The molecular formula is C21H21FN2O5. The number of amides is 3. The lowest BCUT2D eigenvalue weighted by Crippen LogP contribution is -2.43. The minimum atomic E-state index is -1.34. The van der Waals surface area contributed by atoms with E-state index in [9.17, 15) is 18.8 Å². The highest BCUT2D eigenvalue weighted by molar-refractivity contribution is 6.12. The molecule has 1 fully saturated rings. The van der Waals surface area contributed by atoms with E-state index in [-0.39, 0.29) is 12.0 Å². The molecule has 1 unspecified atom stereocenters. The summed E-state index contributed by atoms with van der Waals surface area (Å²) in [5, 5.41) is 2.67. The van der Waals surface area contributed by atoms with Gasteiger partial charge in [0.05, 0.1) is 26.3 Å². The summed E-state index contributed by atoms with van der Waals surface area (Å²) in [5.74, 6) is -0.736. The van der Waals surface area contributed by atoms with Crippen molar-refractivity contribution in [3.63, 3.8) is 0 Å². The van der Waals surface area contributed by atoms with Gasteiger partial charge in [0.1, 0.15) is 22.9 Å². The second kappa shape index (κ2) is 7.90. The number of nitrogens with zero attached hydrogens (tertiary/aromatic N) is 1. The monoisotopic (exact) mass is 400 g/mol. The van der Waals surface area contributed by atoms with E-state index in [0.29, 0.717) is 17.1 Å². The Morgan fingerprint density at radius 2 is 1.79 bits per heavy atom. The van der Waals surface area contributed by atoms with E-state index in [0.717, 1.165) is 4.90 Å². The largest absolute Gasteiger partial charge is 0.497 e. The Hall–Kier alpha value is -3.42. The minimum Gasteiger partial charge on any atom is -0.497 e. The highest BCUT2D eigenvalue weighted by Crippen LogP contribution is 2.33. The normalized spacial score (nSPS) is 18.6. The Morgan fingerprint density at radius 1 is 1.10 bits per heavy atom. The summed E-state index contributed by atoms with van der Waals surface area (Å²) in [5.41, 5.74) is -0.694. The zero-order valence-corrected chi connectivity index (χ0v) is 16.3. The molecule has 1 aliphatic rings. The van der Waals surface area contributed by atoms with Crippen molar-refractivity contribution in [3.05, 3.63) is 59.4 Å². The van der Waals surface area contributed by atoms with Crippen LogP contribution >= 0.6 is 0 Å². The number of urea groups is 1. The smallest absolute Gasteiger partial charge is 0.325 e. The molecule has 1 atom stereocenters. The molecule has 0 saturated carbocycles. The number of benzene rings is 2. The fourth-order valence-corrected chi connectivity index (χ4v) is 3.40. The van der Waals surface area contributed by atoms with Gasteiger partial charge in [0.2, 0.25) is 0 Å². The number of nitrogens with one attached hydrogen (secondary N) is 1. The topological polar surface area (TPSA) is 84.9 Å². The molecule has 0 radical (unpaired) electrons. The number of ether oxygens (including phenoxy) is 2. The standard InChI is InChI=1S/C21H21FN2O5/c1-4-21(13-5-7-14(22)8-6-13)19(26)24(20(27)23-21)12-17(25)16-11-15(28-2)9-10-18(16)29-3/h5-11H,4,12H2,1-3H3,(H,23,27). The lowest BCUT2D eigenvalue weighted by molar-refractivity contribution is -0.131. The number of imide groups is 1. The predicted molar refractivity (Wildman–Crippen MR) is 102 cm³/mol. The van der Waals surface area contributed by atoms with Crippen molar-refractivity contribution in [1.29, 1.82) is 0 Å². The zero-order chi connectivity index (χ0) is 21.2. The summed E-state index contributed by atoms with van der Waals surface area (Å²) in [4.78, 5) is 39.4. The zero-order valence-electron chi connectivity index (χ0n) is 16.3. The maximum absolute atomic E-state index is 13.3. The highest BCUT2D eigenvalue weighted by atomic mass is 19.1. The molecule has 0 aliphatic carbocycles. The number of ketones is 1. The van der Waals surface area contributed by atoms with Gasteiger partial charge in [-0.15, -0.1) is 0 Å². The summed E-state index contributed by atoms with van der Waals surface area (Å²) in [6, 6.07) is 9.37. The number of hydrogen-bond donors (Lipinski definition) is 1. The van der Waals surface area contributed by atoms with Crippen molar-refractivity contribution in [2.45, 2.75) is 18.9 Å². The number of methoxy groups -OCH3 is 2. The quantitative estimate of drug-likeness (QED) is 0.571. The molecule has 29 heavy (non-hydrogen) atoms. The number of carbonyl (C=O) groups is 3. The molecule has 2 aromatic carbocycles. The molecule has 1 heterocycles. The molecule has 3 amide bonds. The molecule has 7 nitrogen and oxygen atoms in total. The van der Waals surface area contributed by atoms with Crippen molar-refractivity contribution >= 4 is 17.7 Å². The van der Waals surface area contributed by atoms with Crippen LogP contribution in [0.25, 0.3) is 0 Å².